The number of nitrogens with zero attached hydrogens (tertiary/aromatic N) is 2. The van der Waals surface area contributed by atoms with Crippen LogP contribution in [0, 0.1) is 5.82 Å². The van der Waals surface area contributed by atoms with Crippen molar-refractivity contribution in [1.82, 2.24) is 9.38 Å². The molecule has 0 aliphatic rings. The van der Waals surface area contributed by atoms with Gasteiger partial charge in [0.15, 0.2) is 0 Å². The van der Waals surface area contributed by atoms with E-state index in [1.165, 1.54) is 22.7 Å². The number of hydrogen-bond donors (Lipinski definition) is 1. The second kappa shape index (κ2) is 3.06. The van der Waals surface area contributed by atoms with Crippen molar-refractivity contribution in [2.45, 2.75) is 0 Å². The fraction of sp³-hybridized carbons (Fsp3) is 0. The summed E-state index contributed by atoms with van der Waals surface area (Å²) >= 11 is 3.06. The molecule has 2 aromatic rings. The third kappa shape index (κ3) is 1.27. The van der Waals surface area contributed by atoms with Gasteiger partial charge in [-0.25, -0.2) is 14.2 Å². The van der Waals surface area contributed by atoms with E-state index < -0.39 is 11.8 Å². The molecule has 0 saturated carbocycles. The van der Waals surface area contributed by atoms with Gasteiger partial charge in [0.25, 0.3) is 0 Å². The Bertz CT molecular complexity index is 523. The maximum atomic E-state index is 12.8. The van der Waals surface area contributed by atoms with Crippen LogP contribution in [0.5, 0.6) is 0 Å². The van der Waals surface area contributed by atoms with Crippen molar-refractivity contribution >= 4 is 27.4 Å². The Kier molecular flexibility index (Phi) is 1.99. The summed E-state index contributed by atoms with van der Waals surface area (Å²) in [4.78, 5) is 14.5. The summed E-state index contributed by atoms with van der Waals surface area (Å²) in [6.07, 6.45) is 1.33. The number of carboxylic acid groups (broad SMARTS) is 1. The molecule has 4 nitrogen and oxygen atoms in total. The fourth-order valence-electron chi connectivity index (χ4n) is 1.17. The highest BCUT2D eigenvalue weighted by Crippen LogP contribution is 2.19. The maximum Gasteiger partial charge on any atom is 0.372 e. The molecule has 0 fully saturated rings. The van der Waals surface area contributed by atoms with Crippen molar-refractivity contribution < 1.29 is 14.3 Å². The molecule has 2 rings (SSSR count). The van der Waals surface area contributed by atoms with Gasteiger partial charge in [0.05, 0.1) is 5.52 Å². The Labute approximate surface area is 86.1 Å². The maximum absolute atomic E-state index is 12.8. The number of rotatable bonds is 1. The van der Waals surface area contributed by atoms with E-state index in [-0.39, 0.29) is 5.82 Å². The van der Waals surface area contributed by atoms with Crippen LogP contribution in [0.4, 0.5) is 4.39 Å². The molecule has 0 spiro atoms. The molecule has 2 aromatic heterocycles. The molecule has 1 N–H and O–H groups in total. The first kappa shape index (κ1) is 9.14. The molecular weight excluding hydrogens is 255 g/mol. The van der Waals surface area contributed by atoms with Gasteiger partial charge >= 0.3 is 5.97 Å². The number of carboxylic acids is 1. The summed E-state index contributed by atoms with van der Waals surface area (Å²) in [5.74, 6) is -1.74. The van der Waals surface area contributed by atoms with E-state index in [1.54, 1.807) is 0 Å². The smallest absolute Gasteiger partial charge is 0.372 e. The first-order valence-electron chi connectivity index (χ1n) is 3.66. The number of carbonyl (C=O) groups is 1. The van der Waals surface area contributed by atoms with Crippen LogP contribution in [0.2, 0.25) is 0 Å². The number of imidazole rings is 1. The molecule has 2 heterocycles. The summed E-state index contributed by atoms with van der Waals surface area (Å²) in [6.45, 7) is 0. The third-order valence-corrected chi connectivity index (χ3v) is 2.34. The molecular formula is C8H4BrFN2O2. The van der Waals surface area contributed by atoms with Gasteiger partial charge < -0.3 is 5.11 Å². The highest BCUT2D eigenvalue weighted by Gasteiger charge is 2.14. The Morgan fingerprint density at radius 3 is 3.00 bits per heavy atom. The molecule has 0 amide bonds. The largest absolute Gasteiger partial charge is 0.475 e. The Hall–Kier alpha value is -1.43. The van der Waals surface area contributed by atoms with Crippen LogP contribution in [0.1, 0.15) is 10.6 Å². The Morgan fingerprint density at radius 2 is 2.36 bits per heavy atom. The predicted octanol–water partition coefficient (Wildman–Crippen LogP) is 1.93. The van der Waals surface area contributed by atoms with Gasteiger partial charge in [0.2, 0.25) is 5.82 Å². The summed E-state index contributed by atoms with van der Waals surface area (Å²) in [5.41, 5.74) is 0.391. The minimum absolute atomic E-state index is 0.146. The van der Waals surface area contributed by atoms with Gasteiger partial charge in [-0.1, -0.05) is 0 Å². The lowest BCUT2D eigenvalue weighted by molar-refractivity contribution is 0.0682. The number of pyridine rings is 1. The van der Waals surface area contributed by atoms with Crippen molar-refractivity contribution in [2.75, 3.05) is 0 Å². The van der Waals surface area contributed by atoms with E-state index in [0.717, 1.165) is 0 Å². The van der Waals surface area contributed by atoms with Crippen LogP contribution in [0.15, 0.2) is 22.9 Å². The monoisotopic (exact) mass is 258 g/mol. The number of aromatic carboxylic acids is 1. The van der Waals surface area contributed by atoms with Crippen molar-refractivity contribution in [2.24, 2.45) is 0 Å². The summed E-state index contributed by atoms with van der Waals surface area (Å²) in [5, 5.41) is 8.77. The average Bonchev–Trinajstić information content (AvgIpc) is 2.44. The number of aromatic nitrogens is 2. The zero-order valence-corrected chi connectivity index (χ0v) is 8.32. The molecule has 0 saturated heterocycles. The molecule has 0 aromatic carbocycles. The first-order chi connectivity index (χ1) is 6.59. The van der Waals surface area contributed by atoms with Gasteiger partial charge in [0, 0.05) is 12.3 Å². The van der Waals surface area contributed by atoms with Gasteiger partial charge in [-0.2, -0.15) is 0 Å². The van der Waals surface area contributed by atoms with Crippen molar-refractivity contribution in [1.29, 1.82) is 0 Å². The fourth-order valence-corrected chi connectivity index (χ4v) is 1.65. The second-order valence-electron chi connectivity index (χ2n) is 2.63. The number of hydrogen-bond acceptors (Lipinski definition) is 2. The zero-order valence-electron chi connectivity index (χ0n) is 6.74. The van der Waals surface area contributed by atoms with E-state index in [4.69, 9.17) is 5.11 Å². The Balaban J connectivity index is 2.84. The molecule has 0 bridgehead atoms. The Morgan fingerprint density at radius 1 is 1.64 bits per heavy atom. The molecule has 72 valence electrons. The molecule has 0 atom stereocenters. The van der Waals surface area contributed by atoms with E-state index in [2.05, 4.69) is 20.9 Å². The van der Waals surface area contributed by atoms with E-state index in [0.29, 0.717) is 10.1 Å². The lowest BCUT2D eigenvalue weighted by atomic mass is 10.4. The number of halogens is 2. The van der Waals surface area contributed by atoms with Crippen LogP contribution >= 0.6 is 15.9 Å². The van der Waals surface area contributed by atoms with Gasteiger partial charge in [-0.3, -0.25) is 4.40 Å². The second-order valence-corrected chi connectivity index (χ2v) is 3.38. The molecule has 14 heavy (non-hydrogen) atoms. The predicted molar refractivity (Wildman–Crippen MR) is 49.8 cm³/mol. The quantitative estimate of drug-likeness (QED) is 0.851. The molecule has 0 aliphatic heterocycles. The minimum atomic E-state index is -1.16. The highest BCUT2D eigenvalue weighted by atomic mass is 79.9. The summed E-state index contributed by atoms with van der Waals surface area (Å²) in [6, 6.07) is 2.39. The van der Waals surface area contributed by atoms with E-state index in [1.807, 2.05) is 0 Å². The average molecular weight is 259 g/mol. The van der Waals surface area contributed by atoms with Crippen molar-refractivity contribution in [3.8, 4) is 0 Å². The standard InChI is InChI=1S/C8H4BrFN2O2/c9-6-5-3-4(10)1-2-12(5)7(11-6)8(13)14/h1-3H,(H,13,14). The van der Waals surface area contributed by atoms with Gasteiger partial charge in [-0.15, -0.1) is 0 Å². The minimum Gasteiger partial charge on any atom is -0.475 e. The van der Waals surface area contributed by atoms with Crippen LogP contribution in [0.25, 0.3) is 5.52 Å². The summed E-state index contributed by atoms with van der Waals surface area (Å²) in [7, 11) is 0. The zero-order chi connectivity index (χ0) is 10.3. The van der Waals surface area contributed by atoms with Crippen LogP contribution in [-0.2, 0) is 0 Å². The topological polar surface area (TPSA) is 54.6 Å². The van der Waals surface area contributed by atoms with Crippen LogP contribution < -0.4 is 0 Å². The normalized spacial score (nSPS) is 10.7. The van der Waals surface area contributed by atoms with E-state index in [9.17, 15) is 9.18 Å². The lowest BCUT2D eigenvalue weighted by Gasteiger charge is -1.95. The van der Waals surface area contributed by atoms with Crippen molar-refractivity contribution in [3.63, 3.8) is 0 Å². The van der Waals surface area contributed by atoms with Gasteiger partial charge in [0.1, 0.15) is 10.4 Å². The summed E-state index contributed by atoms with van der Waals surface area (Å²) < 4.78 is 14.4. The highest BCUT2D eigenvalue weighted by molar-refractivity contribution is 9.10. The number of fused-ring (bicyclic) bond motifs is 1. The van der Waals surface area contributed by atoms with Gasteiger partial charge in [-0.05, 0) is 22.0 Å². The van der Waals surface area contributed by atoms with Crippen LogP contribution in [-0.4, -0.2) is 20.5 Å². The van der Waals surface area contributed by atoms with Crippen LogP contribution in [0.3, 0.4) is 0 Å². The molecule has 0 unspecified atom stereocenters. The lowest BCUT2D eigenvalue weighted by Crippen LogP contribution is -2.03. The molecule has 6 heteroatoms. The first-order valence-corrected chi connectivity index (χ1v) is 4.45. The SMILES string of the molecule is O=C(O)c1nc(Br)c2cc(F)ccn12. The molecule has 0 aliphatic carbocycles. The molecule has 0 radical (unpaired) electrons. The van der Waals surface area contributed by atoms with E-state index >= 15 is 0 Å². The third-order valence-electron chi connectivity index (χ3n) is 1.75. The van der Waals surface area contributed by atoms with Crippen molar-refractivity contribution in [3.05, 3.63) is 34.6 Å².